The highest BCUT2D eigenvalue weighted by Gasteiger charge is 2.23. The normalized spacial score (nSPS) is 14.8. The standard InChI is InChI=1S/C13H16N4O2/c1-2-11-15-17(8-12(18)14-9-5-6-9)13(19)10-4-3-7-16(10)11/h3-4,7,9H,2,5-6,8H2,1H3,(H,14,18). The number of aryl methyl sites for hydroxylation is 1. The van der Waals surface area contributed by atoms with Crippen LogP contribution in [0.3, 0.4) is 0 Å². The summed E-state index contributed by atoms with van der Waals surface area (Å²) in [6.45, 7) is 1.96. The first-order chi connectivity index (χ1) is 9.19. The van der Waals surface area contributed by atoms with Gasteiger partial charge >= 0.3 is 0 Å². The first-order valence-corrected chi connectivity index (χ1v) is 6.55. The van der Waals surface area contributed by atoms with Gasteiger partial charge in [0.15, 0.2) is 0 Å². The molecule has 2 aromatic rings. The van der Waals surface area contributed by atoms with Crippen LogP contribution >= 0.6 is 0 Å². The molecule has 0 unspecified atom stereocenters. The Morgan fingerprint density at radius 3 is 3.00 bits per heavy atom. The van der Waals surface area contributed by atoms with Crippen LogP contribution in [-0.2, 0) is 17.8 Å². The minimum Gasteiger partial charge on any atom is -0.352 e. The molecule has 19 heavy (non-hydrogen) atoms. The fourth-order valence-corrected chi connectivity index (χ4v) is 2.13. The van der Waals surface area contributed by atoms with Crippen LogP contribution in [0.4, 0.5) is 0 Å². The van der Waals surface area contributed by atoms with Gasteiger partial charge in [0.25, 0.3) is 5.56 Å². The molecule has 0 saturated heterocycles. The Hall–Kier alpha value is -2.11. The lowest BCUT2D eigenvalue weighted by molar-refractivity contribution is -0.122. The number of nitrogens with one attached hydrogen (secondary N) is 1. The molecule has 6 heteroatoms. The lowest BCUT2D eigenvalue weighted by atomic mass is 10.4. The predicted molar refractivity (Wildman–Crippen MR) is 70.0 cm³/mol. The molecule has 0 spiro atoms. The number of amides is 1. The summed E-state index contributed by atoms with van der Waals surface area (Å²) in [6.07, 6.45) is 4.59. The minimum atomic E-state index is -0.229. The highest BCUT2D eigenvalue weighted by atomic mass is 16.2. The number of nitrogens with zero attached hydrogens (tertiary/aromatic N) is 3. The van der Waals surface area contributed by atoms with Crippen molar-refractivity contribution in [1.29, 1.82) is 0 Å². The molecule has 0 aliphatic heterocycles. The van der Waals surface area contributed by atoms with Crippen LogP contribution in [0.25, 0.3) is 5.52 Å². The van der Waals surface area contributed by atoms with E-state index in [2.05, 4.69) is 10.4 Å². The van der Waals surface area contributed by atoms with Gasteiger partial charge in [0.2, 0.25) is 5.91 Å². The molecule has 1 fully saturated rings. The summed E-state index contributed by atoms with van der Waals surface area (Å²) in [5.41, 5.74) is 0.333. The Morgan fingerprint density at radius 1 is 1.53 bits per heavy atom. The van der Waals surface area contributed by atoms with Gasteiger partial charge in [0.1, 0.15) is 17.9 Å². The van der Waals surface area contributed by atoms with E-state index in [1.807, 2.05) is 19.2 Å². The SMILES string of the molecule is CCc1nn(CC(=O)NC2CC2)c(=O)c2cccn12. The summed E-state index contributed by atoms with van der Waals surface area (Å²) in [5, 5.41) is 7.13. The van der Waals surface area contributed by atoms with E-state index in [4.69, 9.17) is 0 Å². The van der Waals surface area contributed by atoms with Gasteiger partial charge < -0.3 is 5.32 Å². The summed E-state index contributed by atoms with van der Waals surface area (Å²) in [6, 6.07) is 3.86. The highest BCUT2D eigenvalue weighted by Crippen LogP contribution is 2.18. The zero-order valence-electron chi connectivity index (χ0n) is 10.8. The van der Waals surface area contributed by atoms with E-state index in [0.717, 1.165) is 18.7 Å². The van der Waals surface area contributed by atoms with Crippen molar-refractivity contribution in [3.63, 3.8) is 0 Å². The zero-order valence-corrected chi connectivity index (χ0v) is 10.8. The molecule has 6 nitrogen and oxygen atoms in total. The molecule has 1 amide bonds. The van der Waals surface area contributed by atoms with E-state index >= 15 is 0 Å². The first-order valence-electron chi connectivity index (χ1n) is 6.55. The van der Waals surface area contributed by atoms with Gasteiger partial charge in [-0.3, -0.25) is 14.0 Å². The van der Waals surface area contributed by atoms with Crippen molar-refractivity contribution in [3.8, 4) is 0 Å². The first kappa shape index (κ1) is 12.0. The summed E-state index contributed by atoms with van der Waals surface area (Å²) in [7, 11) is 0. The number of fused-ring (bicyclic) bond motifs is 1. The molecule has 1 aliphatic rings. The lowest BCUT2D eigenvalue weighted by Gasteiger charge is -2.09. The van der Waals surface area contributed by atoms with Gasteiger partial charge in [-0.25, -0.2) is 4.68 Å². The molecule has 2 aromatic heterocycles. The molecule has 1 saturated carbocycles. The van der Waals surface area contributed by atoms with Gasteiger partial charge in [-0.2, -0.15) is 5.10 Å². The Bertz CT molecular complexity index is 681. The van der Waals surface area contributed by atoms with E-state index in [1.165, 1.54) is 4.68 Å². The van der Waals surface area contributed by atoms with Crippen molar-refractivity contribution in [2.45, 2.75) is 38.8 Å². The topological polar surface area (TPSA) is 68.4 Å². The minimum absolute atomic E-state index is 0.00991. The maximum atomic E-state index is 12.2. The van der Waals surface area contributed by atoms with Crippen LogP contribution < -0.4 is 10.9 Å². The fraction of sp³-hybridized carbons (Fsp3) is 0.462. The third-order valence-corrected chi connectivity index (χ3v) is 3.27. The second-order valence-electron chi connectivity index (χ2n) is 4.84. The average Bonchev–Trinajstić information content (AvgIpc) is 3.06. The summed E-state index contributed by atoms with van der Waals surface area (Å²) >= 11 is 0. The zero-order chi connectivity index (χ0) is 13.4. The van der Waals surface area contributed by atoms with Crippen molar-refractivity contribution in [3.05, 3.63) is 34.5 Å². The predicted octanol–water partition coefficient (Wildman–Crippen LogP) is 0.337. The number of hydrogen-bond donors (Lipinski definition) is 1. The van der Waals surface area contributed by atoms with Crippen LogP contribution in [-0.4, -0.2) is 26.1 Å². The van der Waals surface area contributed by atoms with Crippen molar-refractivity contribution in [1.82, 2.24) is 19.5 Å². The van der Waals surface area contributed by atoms with Crippen molar-refractivity contribution in [2.24, 2.45) is 0 Å². The molecule has 1 aliphatic carbocycles. The maximum absolute atomic E-state index is 12.2. The van der Waals surface area contributed by atoms with E-state index < -0.39 is 0 Å². The van der Waals surface area contributed by atoms with E-state index in [0.29, 0.717) is 18.0 Å². The lowest BCUT2D eigenvalue weighted by Crippen LogP contribution is -2.36. The highest BCUT2D eigenvalue weighted by molar-refractivity contribution is 5.76. The molecule has 3 rings (SSSR count). The summed E-state index contributed by atoms with van der Waals surface area (Å²) in [4.78, 5) is 24.0. The van der Waals surface area contributed by atoms with Crippen LogP contribution in [0.5, 0.6) is 0 Å². The number of rotatable bonds is 4. The maximum Gasteiger partial charge on any atom is 0.291 e. The third kappa shape index (κ3) is 2.25. The second kappa shape index (κ2) is 4.53. The second-order valence-corrected chi connectivity index (χ2v) is 4.84. The van der Waals surface area contributed by atoms with Gasteiger partial charge in [-0.15, -0.1) is 0 Å². The Kier molecular flexibility index (Phi) is 2.85. The van der Waals surface area contributed by atoms with Crippen molar-refractivity contribution >= 4 is 11.4 Å². The van der Waals surface area contributed by atoms with Gasteiger partial charge in [-0.1, -0.05) is 6.92 Å². The third-order valence-electron chi connectivity index (χ3n) is 3.27. The monoisotopic (exact) mass is 260 g/mol. The summed E-state index contributed by atoms with van der Waals surface area (Å²) in [5.74, 6) is 0.633. The molecule has 0 bridgehead atoms. The Morgan fingerprint density at radius 2 is 2.32 bits per heavy atom. The van der Waals surface area contributed by atoms with Gasteiger partial charge in [0.05, 0.1) is 0 Å². The molecule has 100 valence electrons. The molecule has 0 aromatic carbocycles. The van der Waals surface area contributed by atoms with Crippen molar-refractivity contribution in [2.75, 3.05) is 0 Å². The Labute approximate surface area is 110 Å². The van der Waals surface area contributed by atoms with Gasteiger partial charge in [0, 0.05) is 18.7 Å². The quantitative estimate of drug-likeness (QED) is 0.861. The van der Waals surface area contributed by atoms with E-state index in [1.54, 1.807) is 10.5 Å². The van der Waals surface area contributed by atoms with Crippen LogP contribution in [0.2, 0.25) is 0 Å². The molecule has 1 N–H and O–H groups in total. The fourth-order valence-electron chi connectivity index (χ4n) is 2.13. The summed E-state index contributed by atoms with van der Waals surface area (Å²) < 4.78 is 3.03. The van der Waals surface area contributed by atoms with E-state index in [9.17, 15) is 9.59 Å². The number of carbonyl (C=O) groups excluding carboxylic acids is 1. The van der Waals surface area contributed by atoms with Crippen LogP contribution in [0, 0.1) is 0 Å². The van der Waals surface area contributed by atoms with Gasteiger partial charge in [-0.05, 0) is 25.0 Å². The molecular formula is C13H16N4O2. The van der Waals surface area contributed by atoms with E-state index in [-0.39, 0.29) is 18.0 Å². The molecule has 0 atom stereocenters. The number of hydrogen-bond acceptors (Lipinski definition) is 3. The molecular weight excluding hydrogens is 244 g/mol. The smallest absolute Gasteiger partial charge is 0.291 e. The van der Waals surface area contributed by atoms with Crippen LogP contribution in [0.15, 0.2) is 23.1 Å². The van der Waals surface area contributed by atoms with Crippen LogP contribution in [0.1, 0.15) is 25.6 Å². The number of aromatic nitrogens is 3. The average molecular weight is 260 g/mol. The molecule has 2 heterocycles. The largest absolute Gasteiger partial charge is 0.352 e. The number of carbonyl (C=O) groups is 1. The van der Waals surface area contributed by atoms with Crippen molar-refractivity contribution < 1.29 is 4.79 Å². The molecule has 0 radical (unpaired) electrons. The Balaban J connectivity index is 1.95.